The predicted molar refractivity (Wildman–Crippen MR) is 57.6 cm³/mol. The first-order valence-electron chi connectivity index (χ1n) is 5.84. The molecule has 2 fully saturated rings. The minimum absolute atomic E-state index is 0.142. The molecule has 2 saturated heterocycles. The summed E-state index contributed by atoms with van der Waals surface area (Å²) in [5, 5.41) is 0. The fourth-order valence-electron chi connectivity index (χ4n) is 2.37. The lowest BCUT2D eigenvalue weighted by atomic mass is 10.0. The average Bonchev–Trinajstić information content (AvgIpc) is 2.70. The van der Waals surface area contributed by atoms with E-state index in [4.69, 9.17) is 10.5 Å². The van der Waals surface area contributed by atoms with Gasteiger partial charge in [0.25, 0.3) is 0 Å². The van der Waals surface area contributed by atoms with E-state index in [9.17, 15) is 4.79 Å². The van der Waals surface area contributed by atoms with E-state index >= 15 is 0 Å². The second-order valence-electron chi connectivity index (χ2n) is 4.66. The molecule has 2 rings (SSSR count). The van der Waals surface area contributed by atoms with Crippen LogP contribution in [-0.4, -0.2) is 49.6 Å². The number of likely N-dealkylation sites (tertiary alicyclic amines) is 1. The zero-order chi connectivity index (χ0) is 10.7. The predicted octanol–water partition coefficient (Wildman–Crippen LogP) is 0.0151. The molecule has 0 aromatic rings. The average molecular weight is 212 g/mol. The molecule has 2 unspecified atom stereocenters. The van der Waals surface area contributed by atoms with Crippen LogP contribution in [0.4, 0.5) is 0 Å². The van der Waals surface area contributed by atoms with Gasteiger partial charge in [-0.05, 0) is 25.8 Å². The number of hydrogen-bond donors (Lipinski definition) is 1. The number of carbonyl (C=O) groups excluding carboxylic acids is 1. The molecule has 0 radical (unpaired) electrons. The van der Waals surface area contributed by atoms with E-state index in [1.807, 2.05) is 0 Å². The van der Waals surface area contributed by atoms with Gasteiger partial charge in [0.15, 0.2) is 5.78 Å². The second kappa shape index (κ2) is 5.05. The van der Waals surface area contributed by atoms with Gasteiger partial charge in [0, 0.05) is 25.1 Å². The monoisotopic (exact) mass is 212 g/mol. The maximum absolute atomic E-state index is 11.9. The quantitative estimate of drug-likeness (QED) is 0.716. The highest BCUT2D eigenvalue weighted by molar-refractivity contribution is 5.83. The minimum Gasteiger partial charge on any atom is -0.381 e. The number of carbonyl (C=O) groups is 1. The Bertz CT molecular complexity index is 227. The molecule has 0 bridgehead atoms. The highest BCUT2D eigenvalue weighted by Gasteiger charge is 2.26. The molecule has 4 heteroatoms. The first-order chi connectivity index (χ1) is 7.25. The van der Waals surface area contributed by atoms with Crippen molar-refractivity contribution in [2.24, 2.45) is 11.7 Å². The Morgan fingerprint density at radius 3 is 3.00 bits per heavy atom. The molecule has 0 aromatic carbocycles. The molecule has 0 aromatic heterocycles. The van der Waals surface area contributed by atoms with Crippen LogP contribution in [0.2, 0.25) is 0 Å². The van der Waals surface area contributed by atoms with Crippen molar-refractivity contribution < 1.29 is 9.53 Å². The van der Waals surface area contributed by atoms with Gasteiger partial charge in [-0.1, -0.05) is 0 Å². The summed E-state index contributed by atoms with van der Waals surface area (Å²) in [7, 11) is 0. The third-order valence-electron chi connectivity index (χ3n) is 3.31. The van der Waals surface area contributed by atoms with Crippen molar-refractivity contribution >= 4 is 5.78 Å². The molecule has 2 atom stereocenters. The number of piperidine rings is 1. The molecule has 0 aliphatic carbocycles. The van der Waals surface area contributed by atoms with Crippen LogP contribution in [0.5, 0.6) is 0 Å². The Labute approximate surface area is 90.8 Å². The molecular formula is C11H20N2O2. The van der Waals surface area contributed by atoms with Gasteiger partial charge in [0.2, 0.25) is 0 Å². The molecule has 0 saturated carbocycles. The van der Waals surface area contributed by atoms with Crippen LogP contribution in [0.25, 0.3) is 0 Å². The standard InChI is InChI=1S/C11H20N2O2/c12-10-2-1-4-13(6-10)7-11(14)9-3-5-15-8-9/h9-10H,1-8,12H2. The number of hydrogen-bond acceptors (Lipinski definition) is 4. The van der Waals surface area contributed by atoms with Crippen molar-refractivity contribution in [2.45, 2.75) is 25.3 Å². The number of nitrogens with zero attached hydrogens (tertiary/aromatic N) is 1. The number of rotatable bonds is 3. The van der Waals surface area contributed by atoms with Crippen LogP contribution < -0.4 is 5.73 Å². The maximum atomic E-state index is 11.9. The van der Waals surface area contributed by atoms with Crippen LogP contribution in [0, 0.1) is 5.92 Å². The van der Waals surface area contributed by atoms with Crippen LogP contribution in [0.15, 0.2) is 0 Å². The van der Waals surface area contributed by atoms with Crippen molar-refractivity contribution in [3.8, 4) is 0 Å². The van der Waals surface area contributed by atoms with Gasteiger partial charge in [-0.25, -0.2) is 0 Å². The summed E-state index contributed by atoms with van der Waals surface area (Å²) >= 11 is 0. The summed E-state index contributed by atoms with van der Waals surface area (Å²) in [6.07, 6.45) is 3.12. The van der Waals surface area contributed by atoms with Gasteiger partial charge in [0.1, 0.15) is 0 Å². The molecular weight excluding hydrogens is 192 g/mol. The van der Waals surface area contributed by atoms with E-state index in [1.54, 1.807) is 0 Å². The van der Waals surface area contributed by atoms with Gasteiger partial charge in [-0.3, -0.25) is 9.69 Å². The molecule has 4 nitrogen and oxygen atoms in total. The van der Waals surface area contributed by atoms with E-state index in [0.717, 1.165) is 39.0 Å². The van der Waals surface area contributed by atoms with Crippen molar-refractivity contribution in [3.63, 3.8) is 0 Å². The van der Waals surface area contributed by atoms with E-state index in [1.165, 1.54) is 0 Å². The highest BCUT2D eigenvalue weighted by atomic mass is 16.5. The normalized spacial score (nSPS) is 33.1. The summed E-state index contributed by atoms with van der Waals surface area (Å²) in [4.78, 5) is 14.0. The Hall–Kier alpha value is -0.450. The van der Waals surface area contributed by atoms with E-state index in [-0.39, 0.29) is 12.0 Å². The fourth-order valence-corrected chi connectivity index (χ4v) is 2.37. The van der Waals surface area contributed by atoms with Crippen LogP contribution >= 0.6 is 0 Å². The summed E-state index contributed by atoms with van der Waals surface area (Å²) in [6.45, 7) is 3.84. The van der Waals surface area contributed by atoms with Gasteiger partial charge < -0.3 is 10.5 Å². The molecule has 2 aliphatic heterocycles. The molecule has 0 spiro atoms. The van der Waals surface area contributed by atoms with Crippen molar-refractivity contribution in [2.75, 3.05) is 32.8 Å². The minimum atomic E-state index is 0.142. The lowest BCUT2D eigenvalue weighted by molar-refractivity contribution is -0.124. The summed E-state index contributed by atoms with van der Waals surface area (Å²) in [5.41, 5.74) is 5.88. The van der Waals surface area contributed by atoms with Crippen LogP contribution in [0.3, 0.4) is 0 Å². The van der Waals surface area contributed by atoms with E-state index in [0.29, 0.717) is 18.9 Å². The van der Waals surface area contributed by atoms with Gasteiger partial charge >= 0.3 is 0 Å². The van der Waals surface area contributed by atoms with Crippen LogP contribution in [0.1, 0.15) is 19.3 Å². The number of ketones is 1. The van der Waals surface area contributed by atoms with Gasteiger partial charge in [-0.2, -0.15) is 0 Å². The molecule has 2 heterocycles. The number of ether oxygens (including phenoxy) is 1. The molecule has 0 amide bonds. The van der Waals surface area contributed by atoms with Crippen LogP contribution in [-0.2, 0) is 9.53 Å². The third-order valence-corrected chi connectivity index (χ3v) is 3.31. The molecule has 2 aliphatic rings. The lowest BCUT2D eigenvalue weighted by Gasteiger charge is -2.30. The topological polar surface area (TPSA) is 55.6 Å². The zero-order valence-corrected chi connectivity index (χ0v) is 9.15. The Balaban J connectivity index is 1.77. The van der Waals surface area contributed by atoms with Gasteiger partial charge in [0.05, 0.1) is 13.2 Å². The smallest absolute Gasteiger partial charge is 0.152 e. The Morgan fingerprint density at radius 2 is 2.33 bits per heavy atom. The van der Waals surface area contributed by atoms with E-state index in [2.05, 4.69) is 4.90 Å². The van der Waals surface area contributed by atoms with Gasteiger partial charge in [-0.15, -0.1) is 0 Å². The SMILES string of the molecule is NC1CCCN(CC(=O)C2CCOC2)C1. The second-order valence-corrected chi connectivity index (χ2v) is 4.66. The molecule has 15 heavy (non-hydrogen) atoms. The first-order valence-corrected chi connectivity index (χ1v) is 5.84. The Kier molecular flexibility index (Phi) is 3.72. The zero-order valence-electron chi connectivity index (χ0n) is 9.15. The fraction of sp³-hybridized carbons (Fsp3) is 0.909. The van der Waals surface area contributed by atoms with Crippen molar-refractivity contribution in [1.82, 2.24) is 4.90 Å². The molecule has 86 valence electrons. The lowest BCUT2D eigenvalue weighted by Crippen LogP contribution is -2.45. The summed E-state index contributed by atoms with van der Waals surface area (Å²) < 4.78 is 5.22. The maximum Gasteiger partial charge on any atom is 0.152 e. The number of nitrogens with two attached hydrogens (primary N) is 1. The molecule has 2 N–H and O–H groups in total. The van der Waals surface area contributed by atoms with E-state index < -0.39 is 0 Å². The van der Waals surface area contributed by atoms with Crippen molar-refractivity contribution in [3.05, 3.63) is 0 Å². The Morgan fingerprint density at radius 1 is 1.47 bits per heavy atom. The highest BCUT2D eigenvalue weighted by Crippen LogP contribution is 2.15. The van der Waals surface area contributed by atoms with Crippen molar-refractivity contribution in [1.29, 1.82) is 0 Å². The largest absolute Gasteiger partial charge is 0.381 e. The number of Topliss-reactive ketones (excluding diaryl/α,β-unsaturated/α-hetero) is 1. The summed E-state index contributed by atoms with van der Waals surface area (Å²) in [5.74, 6) is 0.477. The first kappa shape index (κ1) is 11.0. The summed E-state index contributed by atoms with van der Waals surface area (Å²) in [6, 6.07) is 0.256. The third kappa shape index (κ3) is 3.00.